The fraction of sp³-hybridized carbons (Fsp3) is 0.760. The molecule has 6 rings (SSSR count). The van der Waals surface area contributed by atoms with Crippen LogP contribution in [0.5, 0.6) is 0 Å². The zero-order valence-electron chi connectivity index (χ0n) is 19.3. The molecule has 1 spiro atoms. The molecule has 2 bridgehead atoms. The van der Waals surface area contributed by atoms with Crippen LogP contribution in [-0.4, -0.2) is 49.1 Å². The lowest BCUT2D eigenvalue weighted by molar-refractivity contribution is -0.577. The topological polar surface area (TPSA) is 49.4 Å². The van der Waals surface area contributed by atoms with Gasteiger partial charge in [-0.25, -0.2) is 9.78 Å². The second-order valence-electron chi connectivity index (χ2n) is 10.4. The molecule has 8 atom stereocenters. The zero-order valence-corrected chi connectivity index (χ0v) is 19.3. The van der Waals surface area contributed by atoms with Crippen LogP contribution in [0.4, 0.5) is 0 Å². The largest absolute Gasteiger partial charge is 0.351 e. The van der Waals surface area contributed by atoms with Crippen molar-refractivity contribution in [1.82, 2.24) is 4.90 Å². The second kappa shape index (κ2) is 8.40. The molecule has 4 heterocycles. The van der Waals surface area contributed by atoms with E-state index in [1.54, 1.807) is 0 Å². The van der Waals surface area contributed by atoms with Crippen LogP contribution in [-0.2, 0) is 30.5 Å². The fourth-order valence-corrected chi connectivity index (χ4v) is 6.36. The summed E-state index contributed by atoms with van der Waals surface area (Å²) in [5.41, 5.74) is 0.793. The minimum absolute atomic E-state index is 0.223. The van der Waals surface area contributed by atoms with Gasteiger partial charge in [0.1, 0.15) is 0 Å². The number of benzene rings is 1. The van der Waals surface area contributed by atoms with Gasteiger partial charge in [-0.15, -0.1) is 0 Å². The smallest absolute Gasteiger partial charge is 0.201 e. The summed E-state index contributed by atoms with van der Waals surface area (Å²) in [5, 5.41) is 0. The molecule has 1 aromatic carbocycles. The standard InChI is InChI=1S/C25H37NO5/c1-17-10-11-21-18(2)22(27-15-14-26(4)16-19-8-6-5-7-9-19)28-23-25(21)20(17)12-13-24(3,29-23)30-31-25/h5-9,17-18,20-23H,10-16H2,1-4H3/t17-,18-,20?,21?,22+,23?,24?,25-/m1/s1. The van der Waals surface area contributed by atoms with Crippen LogP contribution >= 0.6 is 0 Å². The van der Waals surface area contributed by atoms with Crippen molar-refractivity contribution in [3.05, 3.63) is 35.9 Å². The fourth-order valence-electron chi connectivity index (χ4n) is 6.36. The van der Waals surface area contributed by atoms with Crippen LogP contribution < -0.4 is 0 Å². The Hall–Kier alpha value is -1.02. The zero-order chi connectivity index (χ0) is 21.6. The Bertz CT molecular complexity index is 762. The minimum atomic E-state index is -0.738. The van der Waals surface area contributed by atoms with E-state index in [4.69, 9.17) is 24.0 Å². The molecule has 0 N–H and O–H groups in total. The van der Waals surface area contributed by atoms with E-state index in [1.165, 1.54) is 12.0 Å². The normalized spacial score (nSPS) is 44.2. The van der Waals surface area contributed by atoms with Crippen LogP contribution in [0.3, 0.4) is 0 Å². The monoisotopic (exact) mass is 431 g/mol. The highest BCUT2D eigenvalue weighted by Crippen LogP contribution is 2.60. The predicted molar refractivity (Wildman–Crippen MR) is 116 cm³/mol. The van der Waals surface area contributed by atoms with Gasteiger partial charge in [0.05, 0.1) is 6.61 Å². The van der Waals surface area contributed by atoms with E-state index in [9.17, 15) is 0 Å². The quantitative estimate of drug-likeness (QED) is 0.625. The molecule has 172 valence electrons. The molecule has 0 radical (unpaired) electrons. The van der Waals surface area contributed by atoms with Gasteiger partial charge in [-0.3, -0.25) is 4.90 Å². The Kier molecular flexibility index (Phi) is 5.91. The number of likely N-dealkylation sites (N-methyl/N-ethyl adjacent to an activating group) is 1. The summed E-state index contributed by atoms with van der Waals surface area (Å²) < 4.78 is 19.2. The lowest BCUT2D eigenvalue weighted by Gasteiger charge is -2.60. The van der Waals surface area contributed by atoms with Crippen LogP contribution in [0.15, 0.2) is 30.3 Å². The van der Waals surface area contributed by atoms with Crippen molar-refractivity contribution < 1.29 is 24.0 Å². The first-order valence-corrected chi connectivity index (χ1v) is 12.0. The average molecular weight is 432 g/mol. The van der Waals surface area contributed by atoms with E-state index in [0.29, 0.717) is 24.4 Å². The van der Waals surface area contributed by atoms with E-state index in [2.05, 4.69) is 56.1 Å². The van der Waals surface area contributed by atoms with Gasteiger partial charge in [0.25, 0.3) is 0 Å². The summed E-state index contributed by atoms with van der Waals surface area (Å²) in [5.74, 6) is 0.758. The second-order valence-corrected chi connectivity index (χ2v) is 10.4. The Morgan fingerprint density at radius 3 is 2.68 bits per heavy atom. The van der Waals surface area contributed by atoms with E-state index in [0.717, 1.165) is 32.4 Å². The maximum atomic E-state index is 6.49. The van der Waals surface area contributed by atoms with E-state index in [1.807, 2.05) is 6.92 Å². The molecule has 1 saturated carbocycles. The van der Waals surface area contributed by atoms with Crippen molar-refractivity contribution in [3.63, 3.8) is 0 Å². The van der Waals surface area contributed by atoms with Crippen molar-refractivity contribution in [2.45, 2.75) is 77.0 Å². The van der Waals surface area contributed by atoms with Crippen LogP contribution in [0.1, 0.15) is 52.0 Å². The summed E-state index contributed by atoms with van der Waals surface area (Å²) in [6.07, 6.45) is 3.47. The number of rotatable bonds is 6. The molecular formula is C25H37NO5. The van der Waals surface area contributed by atoms with Gasteiger partial charge in [-0.2, -0.15) is 0 Å². The minimum Gasteiger partial charge on any atom is -0.351 e. The molecule has 5 aliphatic rings. The first-order chi connectivity index (χ1) is 14.9. The molecule has 6 heteroatoms. The van der Waals surface area contributed by atoms with Crippen LogP contribution in [0.25, 0.3) is 0 Å². The van der Waals surface area contributed by atoms with Gasteiger partial charge >= 0.3 is 0 Å². The molecular weight excluding hydrogens is 394 g/mol. The van der Waals surface area contributed by atoms with Crippen LogP contribution in [0, 0.1) is 23.7 Å². The van der Waals surface area contributed by atoms with E-state index in [-0.39, 0.29) is 12.2 Å². The van der Waals surface area contributed by atoms with Gasteiger partial charge in [-0.05, 0) is 50.6 Å². The highest BCUT2D eigenvalue weighted by Gasteiger charge is 2.69. The van der Waals surface area contributed by atoms with Crippen molar-refractivity contribution >= 4 is 0 Å². The maximum absolute atomic E-state index is 6.49. The number of hydrogen-bond acceptors (Lipinski definition) is 6. The Morgan fingerprint density at radius 1 is 1.06 bits per heavy atom. The SMILES string of the molecule is C[C@@H]1CCC2[C@@H](C)[C@@H](OCCN(C)Cc3ccccc3)OC3OC4(C)CCC1[C@]32OO4. The molecule has 0 aromatic heterocycles. The summed E-state index contributed by atoms with van der Waals surface area (Å²) in [6.45, 7) is 8.92. The van der Waals surface area contributed by atoms with Crippen molar-refractivity contribution in [2.24, 2.45) is 23.7 Å². The molecule has 1 aliphatic carbocycles. The van der Waals surface area contributed by atoms with Crippen molar-refractivity contribution in [1.29, 1.82) is 0 Å². The van der Waals surface area contributed by atoms with E-state index < -0.39 is 17.7 Å². The first-order valence-electron chi connectivity index (χ1n) is 12.0. The summed E-state index contributed by atoms with van der Waals surface area (Å²) in [6, 6.07) is 10.5. The molecule has 31 heavy (non-hydrogen) atoms. The molecule has 0 amide bonds. The maximum Gasteiger partial charge on any atom is 0.201 e. The van der Waals surface area contributed by atoms with E-state index >= 15 is 0 Å². The van der Waals surface area contributed by atoms with Crippen molar-refractivity contribution in [3.8, 4) is 0 Å². The van der Waals surface area contributed by atoms with Crippen molar-refractivity contribution in [2.75, 3.05) is 20.2 Å². The first kappa shape index (κ1) is 21.8. The van der Waals surface area contributed by atoms with Gasteiger partial charge in [0.2, 0.25) is 5.79 Å². The molecule has 4 aliphatic heterocycles. The predicted octanol–water partition coefficient (Wildman–Crippen LogP) is 4.34. The van der Waals surface area contributed by atoms with Gasteiger partial charge < -0.3 is 14.2 Å². The third-order valence-corrected chi connectivity index (χ3v) is 8.15. The summed E-state index contributed by atoms with van der Waals surface area (Å²) in [7, 11) is 2.13. The molecule has 4 saturated heterocycles. The number of hydrogen-bond donors (Lipinski definition) is 0. The Balaban J connectivity index is 1.25. The molecule has 4 unspecified atom stereocenters. The average Bonchev–Trinajstić information content (AvgIpc) is 2.98. The molecule has 6 nitrogen and oxygen atoms in total. The third kappa shape index (κ3) is 3.85. The number of fused-ring (bicyclic) bond motifs is 2. The Morgan fingerprint density at radius 2 is 1.87 bits per heavy atom. The van der Waals surface area contributed by atoms with Crippen LogP contribution in [0.2, 0.25) is 0 Å². The lowest BCUT2D eigenvalue weighted by Crippen LogP contribution is -2.70. The Labute approximate surface area is 186 Å². The van der Waals surface area contributed by atoms with Gasteiger partial charge in [-0.1, -0.05) is 44.2 Å². The molecule has 5 fully saturated rings. The lowest BCUT2D eigenvalue weighted by atomic mass is 9.58. The number of nitrogens with zero attached hydrogens (tertiary/aromatic N) is 1. The highest BCUT2D eigenvalue weighted by molar-refractivity contribution is 5.14. The number of ether oxygens (including phenoxy) is 3. The summed E-state index contributed by atoms with van der Waals surface area (Å²) in [4.78, 5) is 14.4. The molecule has 1 aromatic rings. The third-order valence-electron chi connectivity index (χ3n) is 8.15. The van der Waals surface area contributed by atoms with Gasteiger partial charge in [0, 0.05) is 31.3 Å². The van der Waals surface area contributed by atoms with Gasteiger partial charge in [0.15, 0.2) is 18.2 Å². The highest BCUT2D eigenvalue weighted by atomic mass is 17.3. The summed E-state index contributed by atoms with van der Waals surface area (Å²) >= 11 is 0.